The second-order valence-electron chi connectivity index (χ2n) is 5.85. The highest BCUT2D eigenvalue weighted by Gasteiger charge is 2.20. The van der Waals surface area contributed by atoms with Crippen LogP contribution in [0.15, 0.2) is 25.0 Å². The zero-order valence-electron chi connectivity index (χ0n) is 12.9. The molecule has 22 heavy (non-hydrogen) atoms. The van der Waals surface area contributed by atoms with Gasteiger partial charge in [0.1, 0.15) is 12.4 Å². The van der Waals surface area contributed by atoms with Crippen LogP contribution < -0.4 is 5.32 Å². The first-order valence-corrected chi connectivity index (χ1v) is 7.89. The topological polar surface area (TPSA) is 77.6 Å². The molecule has 3 rings (SSSR count). The molecule has 118 valence electrons. The summed E-state index contributed by atoms with van der Waals surface area (Å²) in [6.07, 6.45) is 13.1. The summed E-state index contributed by atoms with van der Waals surface area (Å²) in [5.74, 6) is 0.786. The number of hydrogen-bond acceptors (Lipinski definition) is 4. The fraction of sp³-hybridized carbons (Fsp3) is 0.600. The van der Waals surface area contributed by atoms with Crippen molar-refractivity contribution in [2.45, 2.75) is 57.7 Å². The van der Waals surface area contributed by atoms with Crippen LogP contribution in [0.5, 0.6) is 0 Å². The van der Waals surface area contributed by atoms with Crippen molar-refractivity contribution in [3.05, 3.63) is 30.9 Å². The molecule has 0 aromatic carbocycles. The second-order valence-corrected chi connectivity index (χ2v) is 5.85. The average Bonchev–Trinajstić information content (AvgIpc) is 3.24. The standard InChI is InChI=1S/C15H22N6O/c1-12(20-8-7-16-10-20)15(22)17-9-14-19-18-11-21(14)13-5-3-2-4-6-13/h7-8,10-13H,2-6,9H2,1H3,(H,17,22)/t12-/m1/s1. The van der Waals surface area contributed by atoms with Crippen LogP contribution in [0.25, 0.3) is 0 Å². The summed E-state index contributed by atoms with van der Waals surface area (Å²) in [6, 6.07) is 0.190. The predicted octanol–water partition coefficient (Wildman–Crippen LogP) is 1.86. The van der Waals surface area contributed by atoms with Gasteiger partial charge >= 0.3 is 0 Å². The zero-order valence-corrected chi connectivity index (χ0v) is 12.9. The van der Waals surface area contributed by atoms with Crippen LogP contribution in [-0.4, -0.2) is 30.2 Å². The first-order chi connectivity index (χ1) is 10.8. The Morgan fingerprint density at radius 3 is 2.91 bits per heavy atom. The number of amides is 1. The SMILES string of the molecule is C[C@H](C(=O)NCc1nncn1C1CCCCC1)n1ccnc1. The molecule has 0 spiro atoms. The fourth-order valence-electron chi connectivity index (χ4n) is 3.01. The number of nitrogens with one attached hydrogen (secondary N) is 1. The summed E-state index contributed by atoms with van der Waals surface area (Å²) in [5.41, 5.74) is 0. The summed E-state index contributed by atoms with van der Waals surface area (Å²) >= 11 is 0. The maximum absolute atomic E-state index is 12.2. The number of aromatic nitrogens is 5. The molecule has 2 heterocycles. The monoisotopic (exact) mass is 302 g/mol. The molecule has 1 aliphatic carbocycles. The van der Waals surface area contributed by atoms with Crippen molar-refractivity contribution in [2.75, 3.05) is 0 Å². The lowest BCUT2D eigenvalue weighted by Crippen LogP contribution is -2.31. The van der Waals surface area contributed by atoms with Gasteiger partial charge in [0.25, 0.3) is 0 Å². The number of nitrogens with zero attached hydrogens (tertiary/aromatic N) is 5. The quantitative estimate of drug-likeness (QED) is 0.914. The number of rotatable bonds is 5. The largest absolute Gasteiger partial charge is 0.347 e. The van der Waals surface area contributed by atoms with Gasteiger partial charge in [-0.1, -0.05) is 19.3 Å². The van der Waals surface area contributed by atoms with Crippen molar-refractivity contribution in [3.63, 3.8) is 0 Å². The highest BCUT2D eigenvalue weighted by Crippen LogP contribution is 2.28. The second kappa shape index (κ2) is 6.72. The minimum Gasteiger partial charge on any atom is -0.347 e. The Balaban J connectivity index is 1.60. The molecule has 1 fully saturated rings. The minimum absolute atomic E-state index is 0.0452. The van der Waals surface area contributed by atoms with Crippen molar-refractivity contribution in [2.24, 2.45) is 0 Å². The van der Waals surface area contributed by atoms with Gasteiger partial charge in [-0.3, -0.25) is 4.79 Å². The third kappa shape index (κ3) is 3.18. The van der Waals surface area contributed by atoms with Gasteiger partial charge in [0.2, 0.25) is 5.91 Å². The zero-order chi connectivity index (χ0) is 15.4. The van der Waals surface area contributed by atoms with Crippen LogP contribution in [0.1, 0.15) is 56.9 Å². The third-order valence-electron chi connectivity index (χ3n) is 4.39. The van der Waals surface area contributed by atoms with E-state index in [1.165, 1.54) is 32.1 Å². The molecule has 1 aliphatic rings. The van der Waals surface area contributed by atoms with Gasteiger partial charge in [-0.05, 0) is 19.8 Å². The lowest BCUT2D eigenvalue weighted by atomic mass is 9.95. The van der Waals surface area contributed by atoms with E-state index in [1.807, 2.05) is 6.92 Å². The number of carbonyl (C=O) groups excluding carboxylic acids is 1. The van der Waals surface area contributed by atoms with Crippen LogP contribution in [0, 0.1) is 0 Å². The summed E-state index contributed by atoms with van der Waals surface area (Å²) in [4.78, 5) is 16.2. The molecule has 7 heteroatoms. The van der Waals surface area contributed by atoms with E-state index in [0.29, 0.717) is 12.6 Å². The van der Waals surface area contributed by atoms with Gasteiger partial charge in [-0.25, -0.2) is 4.98 Å². The molecule has 1 N–H and O–H groups in total. The molecular formula is C15H22N6O. The summed E-state index contributed by atoms with van der Waals surface area (Å²) in [5, 5.41) is 11.1. The highest BCUT2D eigenvalue weighted by atomic mass is 16.2. The molecule has 0 aliphatic heterocycles. The van der Waals surface area contributed by atoms with Crippen molar-refractivity contribution < 1.29 is 4.79 Å². The molecule has 0 unspecified atom stereocenters. The molecule has 0 saturated heterocycles. The van der Waals surface area contributed by atoms with Gasteiger partial charge < -0.3 is 14.5 Å². The van der Waals surface area contributed by atoms with Crippen molar-refractivity contribution in [1.29, 1.82) is 0 Å². The molecular weight excluding hydrogens is 280 g/mol. The molecule has 0 bridgehead atoms. The lowest BCUT2D eigenvalue weighted by molar-refractivity contribution is -0.124. The Bertz CT molecular complexity index is 599. The summed E-state index contributed by atoms with van der Waals surface area (Å²) in [7, 11) is 0. The molecule has 7 nitrogen and oxygen atoms in total. The minimum atomic E-state index is -0.284. The van der Waals surface area contributed by atoms with E-state index in [2.05, 4.69) is 25.1 Å². The van der Waals surface area contributed by atoms with Crippen LogP contribution in [0.3, 0.4) is 0 Å². The fourth-order valence-corrected chi connectivity index (χ4v) is 3.01. The van der Waals surface area contributed by atoms with E-state index in [4.69, 9.17) is 0 Å². The first-order valence-electron chi connectivity index (χ1n) is 7.89. The van der Waals surface area contributed by atoms with Crippen molar-refractivity contribution in [3.8, 4) is 0 Å². The van der Waals surface area contributed by atoms with E-state index >= 15 is 0 Å². The Labute approximate surface area is 129 Å². The Hall–Kier alpha value is -2.18. The number of imidazole rings is 1. The maximum atomic E-state index is 12.2. The summed E-state index contributed by atoms with van der Waals surface area (Å²) < 4.78 is 3.91. The van der Waals surface area contributed by atoms with E-state index in [1.54, 1.807) is 29.6 Å². The Morgan fingerprint density at radius 2 is 2.18 bits per heavy atom. The van der Waals surface area contributed by atoms with Crippen LogP contribution in [0.4, 0.5) is 0 Å². The first kappa shape index (κ1) is 14.7. The third-order valence-corrected chi connectivity index (χ3v) is 4.39. The summed E-state index contributed by atoms with van der Waals surface area (Å²) in [6.45, 7) is 2.26. The average molecular weight is 302 g/mol. The van der Waals surface area contributed by atoms with Gasteiger partial charge in [0, 0.05) is 18.4 Å². The maximum Gasteiger partial charge on any atom is 0.243 e. The Morgan fingerprint density at radius 1 is 1.36 bits per heavy atom. The van der Waals surface area contributed by atoms with Gasteiger partial charge in [-0.15, -0.1) is 10.2 Å². The van der Waals surface area contributed by atoms with E-state index in [-0.39, 0.29) is 11.9 Å². The van der Waals surface area contributed by atoms with Gasteiger partial charge in [0.15, 0.2) is 5.82 Å². The van der Waals surface area contributed by atoms with E-state index < -0.39 is 0 Å². The molecule has 0 radical (unpaired) electrons. The predicted molar refractivity (Wildman–Crippen MR) is 80.9 cm³/mol. The molecule has 1 saturated carbocycles. The van der Waals surface area contributed by atoms with Crippen LogP contribution in [-0.2, 0) is 11.3 Å². The van der Waals surface area contributed by atoms with Gasteiger partial charge in [-0.2, -0.15) is 0 Å². The molecule has 2 aromatic rings. The number of carbonyl (C=O) groups is 1. The Kier molecular flexibility index (Phi) is 4.50. The van der Waals surface area contributed by atoms with Crippen molar-refractivity contribution in [1.82, 2.24) is 29.6 Å². The lowest BCUT2D eigenvalue weighted by Gasteiger charge is -2.24. The number of hydrogen-bond donors (Lipinski definition) is 1. The molecule has 1 amide bonds. The van der Waals surface area contributed by atoms with Crippen LogP contribution >= 0.6 is 0 Å². The smallest absolute Gasteiger partial charge is 0.243 e. The molecule has 2 aromatic heterocycles. The normalized spacial score (nSPS) is 17.3. The molecule has 1 atom stereocenters. The van der Waals surface area contributed by atoms with Crippen molar-refractivity contribution >= 4 is 5.91 Å². The van der Waals surface area contributed by atoms with Crippen LogP contribution in [0.2, 0.25) is 0 Å². The van der Waals surface area contributed by atoms with Gasteiger partial charge in [0.05, 0.1) is 12.9 Å². The highest BCUT2D eigenvalue weighted by molar-refractivity contribution is 5.79. The van der Waals surface area contributed by atoms with E-state index in [9.17, 15) is 4.79 Å². The van der Waals surface area contributed by atoms with E-state index in [0.717, 1.165) is 5.82 Å².